The second-order valence-electron chi connectivity index (χ2n) is 5.09. The van der Waals surface area contributed by atoms with Gasteiger partial charge in [0, 0.05) is 27.8 Å². The van der Waals surface area contributed by atoms with Crippen LogP contribution < -0.4 is 10.6 Å². The highest BCUT2D eigenvalue weighted by molar-refractivity contribution is 9.10. The smallest absolute Gasteiger partial charge is 0.239 e. The van der Waals surface area contributed by atoms with Crippen LogP contribution in [0.15, 0.2) is 53.0 Å². The van der Waals surface area contributed by atoms with Crippen molar-refractivity contribution in [1.29, 1.82) is 0 Å². The Morgan fingerprint density at radius 2 is 1.83 bits per heavy atom. The van der Waals surface area contributed by atoms with E-state index in [1.54, 1.807) is 24.3 Å². The van der Waals surface area contributed by atoms with E-state index in [1.165, 1.54) is 0 Å². The van der Waals surface area contributed by atoms with E-state index in [0.29, 0.717) is 23.4 Å². The van der Waals surface area contributed by atoms with E-state index >= 15 is 0 Å². The standard InChI is InChI=1S/C18H19BrN2O2/c1-2-10-20-17(22)12-21-16-9-8-14(19)11-15(16)18(23)13-6-4-3-5-7-13/h3-9,11,21H,2,10,12H2,1H3,(H,20,22). The maximum absolute atomic E-state index is 12.7. The number of rotatable bonds is 7. The van der Waals surface area contributed by atoms with Gasteiger partial charge in [0.05, 0.1) is 6.54 Å². The summed E-state index contributed by atoms with van der Waals surface area (Å²) in [5.74, 6) is -0.170. The molecule has 0 fully saturated rings. The number of carbonyl (C=O) groups is 2. The fourth-order valence-corrected chi connectivity index (χ4v) is 2.47. The topological polar surface area (TPSA) is 58.2 Å². The van der Waals surface area contributed by atoms with Crippen molar-refractivity contribution in [2.24, 2.45) is 0 Å². The lowest BCUT2D eigenvalue weighted by atomic mass is 10.0. The highest BCUT2D eigenvalue weighted by Gasteiger charge is 2.14. The minimum absolute atomic E-state index is 0.0802. The minimum atomic E-state index is -0.0899. The molecule has 23 heavy (non-hydrogen) atoms. The molecule has 2 rings (SSSR count). The molecule has 0 unspecified atom stereocenters. The average molecular weight is 375 g/mol. The van der Waals surface area contributed by atoms with Gasteiger partial charge < -0.3 is 10.6 Å². The normalized spacial score (nSPS) is 10.2. The monoisotopic (exact) mass is 374 g/mol. The van der Waals surface area contributed by atoms with Crippen molar-refractivity contribution in [3.05, 3.63) is 64.1 Å². The van der Waals surface area contributed by atoms with Crippen molar-refractivity contribution >= 4 is 33.3 Å². The first-order valence-corrected chi connectivity index (χ1v) is 8.31. The van der Waals surface area contributed by atoms with Crippen LogP contribution in [0.1, 0.15) is 29.3 Å². The van der Waals surface area contributed by atoms with Crippen LogP contribution in [-0.4, -0.2) is 24.8 Å². The molecule has 2 aromatic carbocycles. The van der Waals surface area contributed by atoms with E-state index < -0.39 is 0 Å². The van der Waals surface area contributed by atoms with Gasteiger partial charge in [-0.2, -0.15) is 0 Å². The van der Waals surface area contributed by atoms with Crippen molar-refractivity contribution in [1.82, 2.24) is 5.32 Å². The van der Waals surface area contributed by atoms with Gasteiger partial charge >= 0.3 is 0 Å². The van der Waals surface area contributed by atoms with Crippen LogP contribution in [0.5, 0.6) is 0 Å². The van der Waals surface area contributed by atoms with Crippen LogP contribution in [0.4, 0.5) is 5.69 Å². The molecule has 120 valence electrons. The molecule has 0 saturated carbocycles. The Bertz CT molecular complexity index is 687. The quantitative estimate of drug-likeness (QED) is 0.727. The van der Waals surface area contributed by atoms with Gasteiger partial charge in [0.25, 0.3) is 0 Å². The summed E-state index contributed by atoms with van der Waals surface area (Å²) in [4.78, 5) is 24.4. The van der Waals surface area contributed by atoms with Crippen molar-refractivity contribution in [3.8, 4) is 0 Å². The van der Waals surface area contributed by atoms with Crippen molar-refractivity contribution in [2.45, 2.75) is 13.3 Å². The number of halogens is 1. The molecule has 0 aromatic heterocycles. The number of ketones is 1. The lowest BCUT2D eigenvalue weighted by molar-refractivity contribution is -0.119. The Balaban J connectivity index is 2.17. The number of benzene rings is 2. The van der Waals surface area contributed by atoms with Crippen molar-refractivity contribution < 1.29 is 9.59 Å². The molecule has 0 heterocycles. The summed E-state index contributed by atoms with van der Waals surface area (Å²) in [5, 5.41) is 5.84. The molecule has 0 aliphatic heterocycles. The molecule has 4 nitrogen and oxygen atoms in total. The highest BCUT2D eigenvalue weighted by atomic mass is 79.9. The molecular weight excluding hydrogens is 356 g/mol. The average Bonchev–Trinajstić information content (AvgIpc) is 2.59. The third-order valence-corrected chi connectivity index (χ3v) is 3.77. The number of hydrogen-bond acceptors (Lipinski definition) is 3. The maximum atomic E-state index is 12.7. The van der Waals surface area contributed by atoms with E-state index in [9.17, 15) is 9.59 Å². The van der Waals surface area contributed by atoms with E-state index in [1.807, 2.05) is 31.2 Å². The summed E-state index contributed by atoms with van der Waals surface area (Å²) < 4.78 is 0.817. The van der Waals surface area contributed by atoms with Gasteiger partial charge in [-0.3, -0.25) is 9.59 Å². The van der Waals surface area contributed by atoms with Crippen LogP contribution >= 0.6 is 15.9 Å². The first-order valence-electron chi connectivity index (χ1n) is 7.51. The van der Waals surface area contributed by atoms with Gasteiger partial charge in [-0.1, -0.05) is 53.2 Å². The fraction of sp³-hybridized carbons (Fsp3) is 0.222. The molecule has 0 atom stereocenters. The van der Waals surface area contributed by atoms with E-state index in [4.69, 9.17) is 0 Å². The molecule has 0 aliphatic carbocycles. The third-order valence-electron chi connectivity index (χ3n) is 3.27. The second kappa shape index (κ2) is 8.48. The fourth-order valence-electron chi connectivity index (χ4n) is 2.11. The zero-order chi connectivity index (χ0) is 16.7. The second-order valence-corrected chi connectivity index (χ2v) is 6.00. The largest absolute Gasteiger partial charge is 0.376 e. The first kappa shape index (κ1) is 17.2. The van der Waals surface area contributed by atoms with Gasteiger partial charge in [-0.15, -0.1) is 0 Å². The van der Waals surface area contributed by atoms with Crippen LogP contribution in [0, 0.1) is 0 Å². The lowest BCUT2D eigenvalue weighted by Gasteiger charge is -2.12. The van der Waals surface area contributed by atoms with Crippen molar-refractivity contribution in [2.75, 3.05) is 18.4 Å². The summed E-state index contributed by atoms with van der Waals surface area (Å²) in [6, 6.07) is 14.5. The predicted molar refractivity (Wildman–Crippen MR) is 95.8 cm³/mol. The molecule has 0 spiro atoms. The van der Waals surface area contributed by atoms with Crippen LogP contribution in [0.2, 0.25) is 0 Å². The molecule has 1 amide bonds. The zero-order valence-electron chi connectivity index (χ0n) is 12.9. The van der Waals surface area contributed by atoms with Gasteiger partial charge in [-0.25, -0.2) is 0 Å². The number of nitrogens with one attached hydrogen (secondary N) is 2. The predicted octanol–water partition coefficient (Wildman–Crippen LogP) is 3.62. The molecule has 0 saturated heterocycles. The summed E-state index contributed by atoms with van der Waals surface area (Å²) in [6.07, 6.45) is 0.891. The molecule has 0 aliphatic rings. The molecule has 5 heteroatoms. The summed E-state index contributed by atoms with van der Waals surface area (Å²) in [5.41, 5.74) is 1.80. The Morgan fingerprint density at radius 1 is 1.09 bits per heavy atom. The number of amides is 1. The molecule has 0 bridgehead atoms. The number of anilines is 1. The lowest BCUT2D eigenvalue weighted by Crippen LogP contribution is -2.30. The van der Waals surface area contributed by atoms with Crippen LogP contribution in [-0.2, 0) is 4.79 Å². The molecule has 2 N–H and O–H groups in total. The van der Waals surface area contributed by atoms with Gasteiger partial charge in [0.1, 0.15) is 0 Å². The van der Waals surface area contributed by atoms with E-state index in [2.05, 4.69) is 26.6 Å². The van der Waals surface area contributed by atoms with E-state index in [-0.39, 0.29) is 18.2 Å². The van der Waals surface area contributed by atoms with Gasteiger partial charge in [0.15, 0.2) is 5.78 Å². The Kier molecular flexibility index (Phi) is 6.35. The molecule has 0 radical (unpaired) electrons. The number of carbonyl (C=O) groups excluding carboxylic acids is 2. The zero-order valence-corrected chi connectivity index (χ0v) is 14.5. The summed E-state index contributed by atoms with van der Waals surface area (Å²) in [7, 11) is 0. The minimum Gasteiger partial charge on any atom is -0.376 e. The Labute approximate surface area is 144 Å². The Hall–Kier alpha value is -2.14. The van der Waals surface area contributed by atoms with Crippen LogP contribution in [0.25, 0.3) is 0 Å². The third kappa shape index (κ3) is 4.93. The highest BCUT2D eigenvalue weighted by Crippen LogP contribution is 2.23. The van der Waals surface area contributed by atoms with Crippen LogP contribution in [0.3, 0.4) is 0 Å². The SMILES string of the molecule is CCCNC(=O)CNc1ccc(Br)cc1C(=O)c1ccccc1. The summed E-state index contributed by atoms with van der Waals surface area (Å²) in [6.45, 7) is 2.78. The van der Waals surface area contributed by atoms with Crippen molar-refractivity contribution in [3.63, 3.8) is 0 Å². The van der Waals surface area contributed by atoms with E-state index in [0.717, 1.165) is 10.9 Å². The van der Waals surface area contributed by atoms with Gasteiger partial charge in [-0.05, 0) is 24.6 Å². The summed E-state index contributed by atoms with van der Waals surface area (Å²) >= 11 is 3.39. The Morgan fingerprint density at radius 3 is 2.52 bits per heavy atom. The first-order chi connectivity index (χ1) is 11.1. The van der Waals surface area contributed by atoms with Gasteiger partial charge in [0.2, 0.25) is 5.91 Å². The molecule has 2 aromatic rings. The number of hydrogen-bond donors (Lipinski definition) is 2. The molecular formula is C18H19BrN2O2. The maximum Gasteiger partial charge on any atom is 0.239 e.